The summed E-state index contributed by atoms with van der Waals surface area (Å²) in [4.78, 5) is 0. The average Bonchev–Trinajstić information content (AvgIpc) is 2.66. The van der Waals surface area contributed by atoms with E-state index in [-0.39, 0.29) is 5.82 Å². The molecule has 0 bridgehead atoms. The zero-order chi connectivity index (χ0) is 18.4. The van der Waals surface area contributed by atoms with Crippen molar-refractivity contribution in [2.24, 2.45) is 0 Å². The Morgan fingerprint density at radius 3 is 2.42 bits per heavy atom. The van der Waals surface area contributed by atoms with Crippen molar-refractivity contribution in [1.82, 2.24) is 0 Å². The molecule has 0 spiro atoms. The van der Waals surface area contributed by atoms with E-state index >= 15 is 0 Å². The predicted molar refractivity (Wildman–Crippen MR) is 109 cm³/mol. The third kappa shape index (κ3) is 4.52. The SMILES string of the molecule is CCCCCCc1ccc2c(F)c(C#Cc3ccc(C)cc3)ccc2c1. The van der Waals surface area contributed by atoms with Gasteiger partial charge in [0.05, 0.1) is 5.56 Å². The molecule has 0 aliphatic heterocycles. The maximum atomic E-state index is 14.8. The largest absolute Gasteiger partial charge is 0.205 e. The van der Waals surface area contributed by atoms with Gasteiger partial charge >= 0.3 is 0 Å². The second kappa shape index (κ2) is 8.68. The number of unbranched alkanes of at least 4 members (excludes halogenated alkanes) is 3. The highest BCUT2D eigenvalue weighted by atomic mass is 19.1. The lowest BCUT2D eigenvalue weighted by Gasteiger charge is -2.06. The van der Waals surface area contributed by atoms with Crippen LogP contribution in [0.15, 0.2) is 54.6 Å². The fraction of sp³-hybridized carbons (Fsp3) is 0.280. The number of rotatable bonds is 5. The van der Waals surface area contributed by atoms with Crippen LogP contribution in [0.25, 0.3) is 10.8 Å². The Morgan fingerprint density at radius 1 is 0.846 bits per heavy atom. The van der Waals surface area contributed by atoms with Crippen molar-refractivity contribution in [1.29, 1.82) is 0 Å². The molecule has 0 N–H and O–H groups in total. The van der Waals surface area contributed by atoms with E-state index in [0.29, 0.717) is 10.9 Å². The van der Waals surface area contributed by atoms with Gasteiger partial charge in [0, 0.05) is 10.9 Å². The molecule has 0 amide bonds. The lowest BCUT2D eigenvalue weighted by Crippen LogP contribution is -1.90. The number of fused-ring (bicyclic) bond motifs is 1. The Bertz CT molecular complexity index is 940. The van der Waals surface area contributed by atoms with Crippen LogP contribution < -0.4 is 0 Å². The van der Waals surface area contributed by atoms with Crippen LogP contribution in [-0.4, -0.2) is 0 Å². The fourth-order valence-corrected chi connectivity index (χ4v) is 3.13. The van der Waals surface area contributed by atoms with Crippen LogP contribution in [0.2, 0.25) is 0 Å². The van der Waals surface area contributed by atoms with Gasteiger partial charge in [-0.25, -0.2) is 4.39 Å². The monoisotopic (exact) mass is 344 g/mol. The summed E-state index contributed by atoms with van der Waals surface area (Å²) in [6, 6.07) is 17.8. The van der Waals surface area contributed by atoms with Crippen molar-refractivity contribution in [3.63, 3.8) is 0 Å². The summed E-state index contributed by atoms with van der Waals surface area (Å²) in [7, 11) is 0. The molecule has 0 fully saturated rings. The summed E-state index contributed by atoms with van der Waals surface area (Å²) in [5.41, 5.74) is 3.83. The molecule has 0 aliphatic carbocycles. The third-order valence-corrected chi connectivity index (χ3v) is 4.73. The highest BCUT2D eigenvalue weighted by molar-refractivity contribution is 5.85. The van der Waals surface area contributed by atoms with Crippen molar-refractivity contribution in [3.8, 4) is 11.8 Å². The van der Waals surface area contributed by atoms with Gasteiger partial charge in [-0.05, 0) is 48.9 Å². The van der Waals surface area contributed by atoms with Crippen LogP contribution in [0.1, 0.15) is 54.9 Å². The third-order valence-electron chi connectivity index (χ3n) is 4.73. The smallest absolute Gasteiger partial charge is 0.146 e. The van der Waals surface area contributed by atoms with Gasteiger partial charge in [0.2, 0.25) is 0 Å². The molecule has 1 heteroatoms. The lowest BCUT2D eigenvalue weighted by molar-refractivity contribution is 0.636. The van der Waals surface area contributed by atoms with E-state index in [1.807, 2.05) is 43.3 Å². The summed E-state index contributed by atoms with van der Waals surface area (Å²) < 4.78 is 14.8. The standard InChI is InChI=1S/C25H25F/c1-3-4-5-6-7-21-13-17-24-23(18-21)16-15-22(25(24)26)14-12-20-10-8-19(2)9-11-20/h8-11,13,15-18H,3-7H2,1-2H3. The minimum Gasteiger partial charge on any atom is -0.205 e. The van der Waals surface area contributed by atoms with Gasteiger partial charge in [-0.3, -0.25) is 0 Å². The maximum absolute atomic E-state index is 14.8. The zero-order valence-electron chi connectivity index (χ0n) is 15.6. The van der Waals surface area contributed by atoms with Gasteiger partial charge in [-0.15, -0.1) is 0 Å². The summed E-state index contributed by atoms with van der Waals surface area (Å²) in [6.07, 6.45) is 6.05. The molecule has 0 nitrogen and oxygen atoms in total. The molecule has 0 aliphatic rings. The van der Waals surface area contributed by atoms with E-state index in [1.54, 1.807) is 6.07 Å². The molecule has 3 rings (SSSR count). The second-order valence-electron chi connectivity index (χ2n) is 6.91. The van der Waals surface area contributed by atoms with E-state index < -0.39 is 0 Å². The van der Waals surface area contributed by atoms with Crippen LogP contribution in [0.4, 0.5) is 4.39 Å². The van der Waals surface area contributed by atoms with E-state index in [0.717, 1.165) is 17.4 Å². The minimum atomic E-state index is -0.223. The fourth-order valence-electron chi connectivity index (χ4n) is 3.13. The second-order valence-corrected chi connectivity index (χ2v) is 6.91. The van der Waals surface area contributed by atoms with Gasteiger partial charge in [0.15, 0.2) is 0 Å². The molecular weight excluding hydrogens is 319 g/mol. The summed E-state index contributed by atoms with van der Waals surface area (Å²) in [5.74, 6) is 5.81. The Morgan fingerprint density at radius 2 is 1.65 bits per heavy atom. The van der Waals surface area contributed by atoms with Crippen LogP contribution >= 0.6 is 0 Å². The molecule has 0 unspecified atom stereocenters. The van der Waals surface area contributed by atoms with Gasteiger partial charge in [0.1, 0.15) is 5.82 Å². The molecule has 132 valence electrons. The highest BCUT2D eigenvalue weighted by Gasteiger charge is 2.06. The Balaban J connectivity index is 1.81. The van der Waals surface area contributed by atoms with E-state index in [2.05, 4.69) is 30.9 Å². The Hall–Kier alpha value is -2.59. The number of hydrogen-bond acceptors (Lipinski definition) is 0. The normalized spacial score (nSPS) is 10.6. The van der Waals surface area contributed by atoms with Gasteiger partial charge in [-0.2, -0.15) is 0 Å². The molecule has 26 heavy (non-hydrogen) atoms. The number of aryl methyl sites for hydroxylation is 2. The quantitative estimate of drug-likeness (QED) is 0.352. The van der Waals surface area contributed by atoms with Crippen molar-refractivity contribution in [3.05, 3.63) is 82.7 Å². The molecule has 0 heterocycles. The van der Waals surface area contributed by atoms with E-state index in [4.69, 9.17) is 0 Å². The van der Waals surface area contributed by atoms with Gasteiger partial charge in [-0.1, -0.05) is 80.0 Å². The molecule has 0 saturated carbocycles. The van der Waals surface area contributed by atoms with Crippen LogP contribution in [0.3, 0.4) is 0 Å². The first-order valence-corrected chi connectivity index (χ1v) is 9.47. The summed E-state index contributed by atoms with van der Waals surface area (Å²) in [5, 5.41) is 1.61. The summed E-state index contributed by atoms with van der Waals surface area (Å²) >= 11 is 0. The van der Waals surface area contributed by atoms with Crippen LogP contribution in [0.5, 0.6) is 0 Å². The Labute approximate surface area is 156 Å². The molecule has 0 saturated heterocycles. The molecule has 3 aromatic rings. The molecule has 0 aromatic heterocycles. The maximum Gasteiger partial charge on any atom is 0.146 e. The first-order valence-electron chi connectivity index (χ1n) is 9.47. The van der Waals surface area contributed by atoms with Crippen LogP contribution in [-0.2, 0) is 6.42 Å². The number of benzene rings is 3. The first kappa shape index (κ1) is 18.2. The number of hydrogen-bond donors (Lipinski definition) is 0. The lowest BCUT2D eigenvalue weighted by atomic mass is 10.00. The summed E-state index contributed by atoms with van der Waals surface area (Å²) in [6.45, 7) is 4.26. The van der Waals surface area contributed by atoms with Crippen molar-refractivity contribution in [2.75, 3.05) is 0 Å². The van der Waals surface area contributed by atoms with Crippen LogP contribution in [0, 0.1) is 24.6 Å². The van der Waals surface area contributed by atoms with Crippen molar-refractivity contribution in [2.45, 2.75) is 46.0 Å². The molecule has 0 radical (unpaired) electrons. The Kier molecular flexibility index (Phi) is 6.08. The van der Waals surface area contributed by atoms with Gasteiger partial charge < -0.3 is 0 Å². The topological polar surface area (TPSA) is 0 Å². The molecule has 0 atom stereocenters. The van der Waals surface area contributed by atoms with Crippen molar-refractivity contribution < 1.29 is 4.39 Å². The molecular formula is C25H25F. The predicted octanol–water partition coefficient (Wildman–Crippen LogP) is 6.81. The minimum absolute atomic E-state index is 0.223. The van der Waals surface area contributed by atoms with Crippen molar-refractivity contribution >= 4 is 10.8 Å². The average molecular weight is 344 g/mol. The van der Waals surface area contributed by atoms with E-state index in [9.17, 15) is 4.39 Å². The first-order chi connectivity index (χ1) is 12.7. The molecule has 3 aromatic carbocycles. The highest BCUT2D eigenvalue weighted by Crippen LogP contribution is 2.23. The van der Waals surface area contributed by atoms with Gasteiger partial charge in [0.25, 0.3) is 0 Å². The number of halogens is 1. The zero-order valence-corrected chi connectivity index (χ0v) is 15.6. The van der Waals surface area contributed by atoms with E-state index in [1.165, 1.54) is 36.8 Å².